The average molecular weight is 343 g/mol. The summed E-state index contributed by atoms with van der Waals surface area (Å²) in [4.78, 5) is 11.0. The van der Waals surface area contributed by atoms with E-state index in [1.54, 1.807) is 0 Å². The molecule has 2 heteroatoms. The predicted octanol–water partition coefficient (Wildman–Crippen LogP) is 7.73. The monoisotopic (exact) mass is 342 g/mol. The second kappa shape index (κ2) is 18.4. The van der Waals surface area contributed by atoms with Crippen LogP contribution in [0, 0.1) is 5.92 Å². The Bertz CT molecular complexity index is 252. The summed E-state index contributed by atoms with van der Waals surface area (Å²) in [6.45, 7) is 4.27. The minimum Gasteiger partial charge on any atom is -0.287 e. The summed E-state index contributed by atoms with van der Waals surface area (Å²) in [6, 6.07) is 0. The van der Waals surface area contributed by atoms with E-state index in [1.807, 2.05) is 6.92 Å². The molecule has 0 aromatic heterocycles. The molecule has 1 unspecified atom stereocenters. The molecule has 138 valence electrons. The zero-order valence-corrected chi connectivity index (χ0v) is 16.8. The maximum Gasteiger partial charge on any atom is 0.188 e. The summed E-state index contributed by atoms with van der Waals surface area (Å²) in [5.74, 6) is 0.143. The first-order valence-electron chi connectivity index (χ1n) is 10.4. The first-order valence-corrected chi connectivity index (χ1v) is 10.9. The number of hydrogen-bond acceptors (Lipinski definition) is 1. The number of rotatable bonds is 18. The molecule has 1 nitrogen and oxygen atoms in total. The Labute approximate surface area is 151 Å². The Morgan fingerprint density at radius 2 is 0.957 bits per heavy atom. The van der Waals surface area contributed by atoms with E-state index in [1.165, 1.54) is 103 Å². The van der Waals surface area contributed by atoms with Gasteiger partial charge in [-0.05, 0) is 6.42 Å². The third kappa shape index (κ3) is 18.2. The molecule has 0 saturated carbocycles. The van der Waals surface area contributed by atoms with Crippen molar-refractivity contribution in [2.75, 3.05) is 0 Å². The van der Waals surface area contributed by atoms with Gasteiger partial charge in [-0.2, -0.15) is 0 Å². The van der Waals surface area contributed by atoms with Crippen molar-refractivity contribution in [2.24, 2.45) is 5.92 Å². The molecule has 0 aliphatic carbocycles. The summed E-state index contributed by atoms with van der Waals surface area (Å²) in [5.41, 5.74) is 0. The fourth-order valence-electron chi connectivity index (χ4n) is 3.12. The number of carbonyl (C=O) groups excluding carboxylic acids is 1. The van der Waals surface area contributed by atoms with E-state index >= 15 is 0 Å². The summed E-state index contributed by atoms with van der Waals surface area (Å²) in [5, 5.41) is 0.0472. The third-order valence-corrected chi connectivity index (χ3v) is 5.35. The van der Waals surface area contributed by atoms with E-state index in [2.05, 4.69) is 19.6 Å². The first-order chi connectivity index (χ1) is 11.2. The van der Waals surface area contributed by atoms with Gasteiger partial charge in [0.25, 0.3) is 0 Å². The molecular formula is C21H42OS. The van der Waals surface area contributed by atoms with E-state index in [0.717, 1.165) is 6.42 Å². The van der Waals surface area contributed by atoms with Crippen molar-refractivity contribution in [1.82, 2.24) is 0 Å². The molecule has 0 amide bonds. The molecule has 0 fully saturated rings. The van der Waals surface area contributed by atoms with Crippen LogP contribution in [0.25, 0.3) is 0 Å². The van der Waals surface area contributed by atoms with Crippen molar-refractivity contribution < 1.29 is 4.79 Å². The summed E-state index contributed by atoms with van der Waals surface area (Å²) >= 11 is 3.89. The fraction of sp³-hybridized carbons (Fsp3) is 0.952. The van der Waals surface area contributed by atoms with Crippen LogP contribution in [0.1, 0.15) is 123 Å². The van der Waals surface area contributed by atoms with Crippen LogP contribution in [0.2, 0.25) is 0 Å². The summed E-state index contributed by atoms with van der Waals surface area (Å²) < 4.78 is 0. The van der Waals surface area contributed by atoms with Gasteiger partial charge in [0.1, 0.15) is 0 Å². The van der Waals surface area contributed by atoms with Gasteiger partial charge in [0.05, 0.1) is 0 Å². The molecule has 1 atom stereocenters. The second-order valence-electron chi connectivity index (χ2n) is 7.33. The molecule has 0 saturated heterocycles. The van der Waals surface area contributed by atoms with Gasteiger partial charge in [0.15, 0.2) is 5.12 Å². The van der Waals surface area contributed by atoms with Crippen LogP contribution in [0.15, 0.2) is 0 Å². The van der Waals surface area contributed by atoms with Crippen molar-refractivity contribution in [1.29, 1.82) is 0 Å². The molecule has 0 aliphatic heterocycles. The standard InChI is InChI=1S/C21H42OS/c1-3-4-5-6-7-8-9-10-11-12-13-14-15-16-17-18-19-20(2)21(22)23/h20H,3-19H2,1-2H3,(H,22,23). The molecule has 23 heavy (non-hydrogen) atoms. The Morgan fingerprint density at radius 1 is 0.652 bits per heavy atom. The maximum absolute atomic E-state index is 11.0. The van der Waals surface area contributed by atoms with Crippen molar-refractivity contribution in [2.45, 2.75) is 123 Å². The topological polar surface area (TPSA) is 17.1 Å². The smallest absolute Gasteiger partial charge is 0.188 e. The Morgan fingerprint density at radius 3 is 1.26 bits per heavy atom. The Hall–Kier alpha value is 0.0200. The molecule has 0 aromatic carbocycles. The first kappa shape index (κ1) is 23.0. The van der Waals surface area contributed by atoms with E-state index in [9.17, 15) is 4.79 Å². The summed E-state index contributed by atoms with van der Waals surface area (Å²) in [6.07, 6.45) is 23.4. The molecule has 0 spiro atoms. The molecule has 0 aliphatic rings. The lowest BCUT2D eigenvalue weighted by atomic mass is 10.0. The minimum absolute atomic E-state index is 0.0472. The SMILES string of the molecule is CCCCCCCCCCCCCCCCCCC(C)C(=O)S. The molecule has 0 N–H and O–H groups in total. The van der Waals surface area contributed by atoms with Gasteiger partial charge in [-0.3, -0.25) is 4.79 Å². The number of thiol groups is 1. The predicted molar refractivity (Wildman–Crippen MR) is 107 cm³/mol. The van der Waals surface area contributed by atoms with Gasteiger partial charge in [0.2, 0.25) is 0 Å². The highest BCUT2D eigenvalue weighted by Gasteiger charge is 2.07. The van der Waals surface area contributed by atoms with Crippen LogP contribution in [-0.2, 0) is 4.79 Å². The number of carbonyl (C=O) groups is 1. The van der Waals surface area contributed by atoms with Crippen LogP contribution in [0.5, 0.6) is 0 Å². The van der Waals surface area contributed by atoms with Crippen LogP contribution in [0.3, 0.4) is 0 Å². The van der Waals surface area contributed by atoms with Crippen LogP contribution >= 0.6 is 12.6 Å². The summed E-state index contributed by atoms with van der Waals surface area (Å²) in [7, 11) is 0. The Balaban J connectivity index is 3.04. The number of unbranched alkanes of at least 4 members (excludes halogenated alkanes) is 15. The van der Waals surface area contributed by atoms with Crippen LogP contribution in [0.4, 0.5) is 0 Å². The molecule has 0 rings (SSSR count). The van der Waals surface area contributed by atoms with Crippen molar-refractivity contribution >= 4 is 17.7 Å². The van der Waals surface area contributed by atoms with Gasteiger partial charge in [-0.1, -0.05) is 117 Å². The molecule has 0 heterocycles. The van der Waals surface area contributed by atoms with Gasteiger partial charge < -0.3 is 0 Å². The quantitative estimate of drug-likeness (QED) is 0.199. The van der Waals surface area contributed by atoms with Crippen molar-refractivity contribution in [3.8, 4) is 0 Å². The largest absolute Gasteiger partial charge is 0.287 e. The third-order valence-electron chi connectivity index (χ3n) is 4.91. The van der Waals surface area contributed by atoms with Gasteiger partial charge in [-0.25, -0.2) is 0 Å². The van der Waals surface area contributed by atoms with Crippen molar-refractivity contribution in [3.05, 3.63) is 0 Å². The maximum atomic E-state index is 11.0. The molecule has 0 bridgehead atoms. The van der Waals surface area contributed by atoms with Crippen molar-refractivity contribution in [3.63, 3.8) is 0 Å². The molecule has 0 aromatic rings. The van der Waals surface area contributed by atoms with E-state index in [4.69, 9.17) is 0 Å². The fourth-order valence-corrected chi connectivity index (χ4v) is 3.25. The van der Waals surface area contributed by atoms with Gasteiger partial charge in [-0.15, -0.1) is 12.6 Å². The van der Waals surface area contributed by atoms with E-state index in [-0.39, 0.29) is 11.0 Å². The molecular weight excluding hydrogens is 300 g/mol. The minimum atomic E-state index is 0.0472. The van der Waals surface area contributed by atoms with Gasteiger partial charge in [0, 0.05) is 5.92 Å². The lowest BCUT2D eigenvalue weighted by molar-refractivity contribution is -0.113. The highest BCUT2D eigenvalue weighted by molar-refractivity contribution is 7.96. The van der Waals surface area contributed by atoms with E-state index in [0.29, 0.717) is 0 Å². The normalized spacial score (nSPS) is 12.5. The second-order valence-corrected chi connectivity index (χ2v) is 7.77. The zero-order valence-electron chi connectivity index (χ0n) is 16.0. The lowest BCUT2D eigenvalue weighted by Gasteiger charge is -2.06. The zero-order chi connectivity index (χ0) is 17.2. The average Bonchev–Trinajstić information content (AvgIpc) is 2.54. The van der Waals surface area contributed by atoms with Crippen LogP contribution in [-0.4, -0.2) is 5.12 Å². The molecule has 0 radical (unpaired) electrons. The lowest BCUT2D eigenvalue weighted by Crippen LogP contribution is -2.03. The van der Waals surface area contributed by atoms with Gasteiger partial charge >= 0.3 is 0 Å². The Kier molecular flexibility index (Phi) is 18.4. The number of hydrogen-bond donors (Lipinski definition) is 1. The van der Waals surface area contributed by atoms with E-state index < -0.39 is 0 Å². The highest BCUT2D eigenvalue weighted by Crippen LogP contribution is 2.16. The highest BCUT2D eigenvalue weighted by atomic mass is 32.1. The van der Waals surface area contributed by atoms with Crippen LogP contribution < -0.4 is 0 Å².